The third-order valence-electron chi connectivity index (χ3n) is 4.30. The number of nitriles is 1. The van der Waals surface area contributed by atoms with Crippen LogP contribution in [0.3, 0.4) is 0 Å². The third kappa shape index (κ3) is 4.94. The van der Waals surface area contributed by atoms with Crippen LogP contribution in [0, 0.1) is 18.3 Å². The number of hydrogen-bond acceptors (Lipinski definition) is 5. The number of amides is 2. The molecule has 140 valence electrons. The zero-order valence-corrected chi connectivity index (χ0v) is 15.9. The minimum absolute atomic E-state index is 0.215. The Kier molecular flexibility index (Phi) is 6.22. The highest BCUT2D eigenvalue weighted by Crippen LogP contribution is 2.37. The molecule has 1 aliphatic rings. The lowest BCUT2D eigenvalue weighted by Crippen LogP contribution is -2.24. The van der Waals surface area contributed by atoms with Crippen LogP contribution in [0.15, 0.2) is 24.3 Å². The van der Waals surface area contributed by atoms with Gasteiger partial charge in [0.25, 0.3) is 5.91 Å². The maximum absolute atomic E-state index is 12.1. The minimum atomic E-state index is -0.367. The molecule has 0 radical (unpaired) electrons. The van der Waals surface area contributed by atoms with Gasteiger partial charge in [0.15, 0.2) is 0 Å². The molecule has 2 amide bonds. The Labute approximate surface area is 162 Å². The van der Waals surface area contributed by atoms with Crippen LogP contribution in [-0.2, 0) is 27.2 Å². The van der Waals surface area contributed by atoms with Crippen LogP contribution in [0.5, 0.6) is 0 Å². The Hall–Kier alpha value is -2.69. The second kappa shape index (κ2) is 8.80. The minimum Gasteiger partial charge on any atom is -0.362 e. The molecule has 3 rings (SSSR count). The van der Waals surface area contributed by atoms with E-state index in [2.05, 4.69) is 16.7 Å². The summed E-state index contributed by atoms with van der Waals surface area (Å²) in [6.07, 6.45) is 4.04. The number of hydrogen-bond donors (Lipinski definition) is 2. The molecule has 27 heavy (non-hydrogen) atoms. The summed E-state index contributed by atoms with van der Waals surface area (Å²) < 4.78 is 5.21. The van der Waals surface area contributed by atoms with Crippen molar-refractivity contribution in [1.29, 1.82) is 5.26 Å². The number of rotatable bonds is 6. The molecular weight excluding hydrogens is 362 g/mol. The standard InChI is InChI=1S/C20H21N3O3S/c1-13-5-4-6-14(9-13)22-18(24)11-26-12-19(25)23-20-16(10-21)15-7-2-3-8-17(15)27-20/h4-6,9H,2-3,7-8,11-12H2,1H3,(H,22,24)(H,23,25). The molecule has 0 atom stereocenters. The van der Waals surface area contributed by atoms with Gasteiger partial charge >= 0.3 is 0 Å². The maximum atomic E-state index is 12.1. The molecule has 7 heteroatoms. The van der Waals surface area contributed by atoms with Crippen molar-refractivity contribution in [2.45, 2.75) is 32.6 Å². The van der Waals surface area contributed by atoms with Crippen molar-refractivity contribution in [3.8, 4) is 6.07 Å². The second-order valence-electron chi connectivity index (χ2n) is 6.49. The SMILES string of the molecule is Cc1cccc(NC(=O)COCC(=O)Nc2sc3c(c2C#N)CCCC3)c1. The molecule has 1 aromatic carbocycles. The van der Waals surface area contributed by atoms with E-state index in [1.54, 1.807) is 6.07 Å². The van der Waals surface area contributed by atoms with Crippen LogP contribution in [-0.4, -0.2) is 25.0 Å². The molecule has 2 N–H and O–H groups in total. The van der Waals surface area contributed by atoms with Crippen LogP contribution in [0.25, 0.3) is 0 Å². The molecule has 0 unspecified atom stereocenters. The van der Waals surface area contributed by atoms with Gasteiger partial charge in [0.05, 0.1) is 5.56 Å². The topological polar surface area (TPSA) is 91.2 Å². The Morgan fingerprint density at radius 3 is 2.67 bits per heavy atom. The highest BCUT2D eigenvalue weighted by Gasteiger charge is 2.21. The Morgan fingerprint density at radius 2 is 1.93 bits per heavy atom. The molecule has 0 saturated carbocycles. The van der Waals surface area contributed by atoms with Crippen LogP contribution in [0.4, 0.5) is 10.7 Å². The number of carbonyl (C=O) groups is 2. The molecule has 1 heterocycles. The normalized spacial score (nSPS) is 12.7. The number of nitrogens with zero attached hydrogens (tertiary/aromatic N) is 1. The third-order valence-corrected chi connectivity index (χ3v) is 5.51. The number of benzene rings is 1. The quantitative estimate of drug-likeness (QED) is 0.800. The van der Waals surface area contributed by atoms with E-state index in [4.69, 9.17) is 4.74 Å². The van der Waals surface area contributed by atoms with E-state index in [0.717, 1.165) is 36.8 Å². The average molecular weight is 383 g/mol. The molecule has 0 bridgehead atoms. The molecule has 0 fully saturated rings. The molecule has 0 spiro atoms. The van der Waals surface area contributed by atoms with Crippen molar-refractivity contribution in [2.75, 3.05) is 23.8 Å². The van der Waals surface area contributed by atoms with Gasteiger partial charge in [-0.05, 0) is 55.9 Å². The fraction of sp³-hybridized carbons (Fsp3) is 0.350. The van der Waals surface area contributed by atoms with Crippen molar-refractivity contribution < 1.29 is 14.3 Å². The number of fused-ring (bicyclic) bond motifs is 1. The summed E-state index contributed by atoms with van der Waals surface area (Å²) in [5, 5.41) is 15.5. The van der Waals surface area contributed by atoms with E-state index in [1.165, 1.54) is 16.2 Å². The van der Waals surface area contributed by atoms with E-state index in [0.29, 0.717) is 16.3 Å². The zero-order valence-electron chi connectivity index (χ0n) is 15.1. The van der Waals surface area contributed by atoms with Gasteiger partial charge in [-0.25, -0.2) is 0 Å². The summed E-state index contributed by atoms with van der Waals surface area (Å²) in [6.45, 7) is 1.48. The predicted molar refractivity (Wildman–Crippen MR) is 105 cm³/mol. The van der Waals surface area contributed by atoms with Crippen molar-refractivity contribution >= 4 is 33.8 Å². The van der Waals surface area contributed by atoms with Gasteiger partial charge in [-0.2, -0.15) is 5.26 Å². The first-order valence-corrected chi connectivity index (χ1v) is 9.67. The first-order chi connectivity index (χ1) is 13.1. The van der Waals surface area contributed by atoms with Crippen molar-refractivity contribution in [3.05, 3.63) is 45.8 Å². The smallest absolute Gasteiger partial charge is 0.251 e. The fourth-order valence-electron chi connectivity index (χ4n) is 3.09. The number of aryl methyl sites for hydroxylation is 2. The monoisotopic (exact) mass is 383 g/mol. The van der Waals surface area contributed by atoms with Crippen LogP contribution in [0.2, 0.25) is 0 Å². The lowest BCUT2D eigenvalue weighted by molar-refractivity contribution is -0.125. The van der Waals surface area contributed by atoms with Gasteiger partial charge in [0, 0.05) is 10.6 Å². The predicted octanol–water partition coefficient (Wildman–Crippen LogP) is 3.40. The van der Waals surface area contributed by atoms with Crippen molar-refractivity contribution in [2.24, 2.45) is 0 Å². The summed E-state index contributed by atoms with van der Waals surface area (Å²) in [7, 11) is 0. The number of thiophene rings is 1. The van der Waals surface area contributed by atoms with Crippen molar-refractivity contribution in [3.63, 3.8) is 0 Å². The van der Waals surface area contributed by atoms with Gasteiger partial charge in [-0.1, -0.05) is 12.1 Å². The number of anilines is 2. The van der Waals surface area contributed by atoms with E-state index in [9.17, 15) is 14.9 Å². The molecular formula is C20H21N3O3S. The van der Waals surface area contributed by atoms with Gasteiger partial charge in [0.2, 0.25) is 5.91 Å². The summed E-state index contributed by atoms with van der Waals surface area (Å²) in [4.78, 5) is 25.2. The number of ether oxygens (including phenoxy) is 1. The zero-order chi connectivity index (χ0) is 19.2. The van der Waals surface area contributed by atoms with Crippen LogP contribution in [0.1, 0.15) is 34.4 Å². The molecule has 0 aliphatic heterocycles. The van der Waals surface area contributed by atoms with E-state index in [1.807, 2.05) is 25.1 Å². The van der Waals surface area contributed by atoms with Crippen molar-refractivity contribution in [1.82, 2.24) is 0 Å². The number of carbonyl (C=O) groups excluding carboxylic acids is 2. The summed E-state index contributed by atoms with van der Waals surface area (Å²) in [6, 6.07) is 9.64. The summed E-state index contributed by atoms with van der Waals surface area (Å²) in [5.41, 5.74) is 3.37. The lowest BCUT2D eigenvalue weighted by atomic mass is 9.96. The van der Waals surface area contributed by atoms with Gasteiger partial charge in [-0.3, -0.25) is 9.59 Å². The van der Waals surface area contributed by atoms with Crippen LogP contribution >= 0.6 is 11.3 Å². The molecule has 0 saturated heterocycles. The second-order valence-corrected chi connectivity index (χ2v) is 7.59. The Balaban J connectivity index is 1.48. The fourth-order valence-corrected chi connectivity index (χ4v) is 4.35. The first kappa shape index (κ1) is 19.1. The van der Waals surface area contributed by atoms with E-state index in [-0.39, 0.29) is 25.0 Å². The highest BCUT2D eigenvalue weighted by molar-refractivity contribution is 7.16. The maximum Gasteiger partial charge on any atom is 0.251 e. The first-order valence-electron chi connectivity index (χ1n) is 8.85. The molecule has 1 aliphatic carbocycles. The summed E-state index contributed by atoms with van der Waals surface area (Å²) >= 11 is 1.47. The summed E-state index contributed by atoms with van der Waals surface area (Å²) in [5.74, 6) is -0.689. The molecule has 1 aromatic heterocycles. The van der Waals surface area contributed by atoms with Gasteiger partial charge in [-0.15, -0.1) is 11.3 Å². The highest BCUT2D eigenvalue weighted by atomic mass is 32.1. The van der Waals surface area contributed by atoms with Crippen LogP contribution < -0.4 is 10.6 Å². The molecule has 6 nitrogen and oxygen atoms in total. The van der Waals surface area contributed by atoms with Gasteiger partial charge < -0.3 is 15.4 Å². The van der Waals surface area contributed by atoms with Gasteiger partial charge in [0.1, 0.15) is 24.3 Å². The number of nitrogens with one attached hydrogen (secondary N) is 2. The lowest BCUT2D eigenvalue weighted by Gasteiger charge is -2.09. The van der Waals surface area contributed by atoms with E-state index >= 15 is 0 Å². The van der Waals surface area contributed by atoms with E-state index < -0.39 is 0 Å². The Morgan fingerprint density at radius 1 is 1.19 bits per heavy atom. The average Bonchev–Trinajstić information content (AvgIpc) is 2.98. The molecule has 2 aromatic rings. The Bertz CT molecular complexity index is 898. The largest absolute Gasteiger partial charge is 0.362 e.